The molecule has 4 nitrogen and oxygen atoms in total. The van der Waals surface area contributed by atoms with E-state index in [2.05, 4.69) is 0 Å². The number of ether oxygens (including phenoxy) is 1. The van der Waals surface area contributed by atoms with Gasteiger partial charge in [-0.05, 0) is 0 Å². The standard InChI is InChI=1S/C10HF21O4S/c11-1(6(20,21)22,7(23,24)25)8(26,27)35-9(28,29)4(16,17)2(12,13)3(14,15)5(18,19)10(30,31)36(32,33)34/h(H,32,33,34). The maximum Gasteiger partial charge on any atom is 0.440 e. The molecule has 218 valence electrons. The lowest BCUT2D eigenvalue weighted by Crippen LogP contribution is -2.73. The summed E-state index contributed by atoms with van der Waals surface area (Å²) in [6.07, 6.45) is -33.6. The first-order valence-electron chi connectivity index (χ1n) is 7.10. The summed E-state index contributed by atoms with van der Waals surface area (Å²) in [4.78, 5) is 0. The lowest BCUT2D eigenvalue weighted by Gasteiger charge is -2.42. The fourth-order valence-corrected chi connectivity index (χ4v) is 2.16. The molecule has 0 saturated carbocycles. The van der Waals surface area contributed by atoms with Crippen molar-refractivity contribution in [2.45, 2.75) is 59.2 Å². The second-order valence-electron chi connectivity index (χ2n) is 6.08. The second-order valence-corrected chi connectivity index (χ2v) is 7.54. The number of hydrogen-bond donors (Lipinski definition) is 1. The van der Waals surface area contributed by atoms with Crippen LogP contribution in [0.15, 0.2) is 0 Å². The largest absolute Gasteiger partial charge is 0.440 e. The smallest absolute Gasteiger partial charge is 0.281 e. The van der Waals surface area contributed by atoms with Gasteiger partial charge < -0.3 is 0 Å². The molecule has 0 aliphatic rings. The molecule has 36 heavy (non-hydrogen) atoms. The molecule has 0 bridgehead atoms. The van der Waals surface area contributed by atoms with Crippen LogP contribution >= 0.6 is 0 Å². The van der Waals surface area contributed by atoms with Gasteiger partial charge in [-0.25, -0.2) is 9.13 Å². The first-order valence-corrected chi connectivity index (χ1v) is 8.54. The molecule has 0 aliphatic heterocycles. The van der Waals surface area contributed by atoms with Crippen molar-refractivity contribution in [2.75, 3.05) is 0 Å². The fourth-order valence-electron chi connectivity index (χ4n) is 1.71. The Labute approximate surface area is 180 Å². The highest BCUT2D eigenvalue weighted by atomic mass is 32.2. The van der Waals surface area contributed by atoms with Gasteiger partial charge in [0.2, 0.25) is 0 Å². The Kier molecular flexibility index (Phi) is 7.83. The molecule has 0 unspecified atom stereocenters. The van der Waals surface area contributed by atoms with Gasteiger partial charge in [0, 0.05) is 0 Å². The Morgan fingerprint density at radius 2 is 0.722 bits per heavy atom. The SMILES string of the molecule is O=S(=O)(O)C(F)(F)C(F)(F)C(F)(F)C(F)(F)C(F)(F)C(F)(F)OC(F)(F)C(F)(C(F)(F)F)C(F)(F)F. The van der Waals surface area contributed by atoms with Crippen LogP contribution in [0.5, 0.6) is 0 Å². The molecule has 0 atom stereocenters. The van der Waals surface area contributed by atoms with Gasteiger partial charge in [-0.15, -0.1) is 0 Å². The van der Waals surface area contributed by atoms with Gasteiger partial charge >= 0.3 is 69.3 Å². The summed E-state index contributed by atoms with van der Waals surface area (Å²) in [5, 5.41) is -8.00. The minimum absolute atomic E-state index is 0.810. The quantitative estimate of drug-likeness (QED) is 0.254. The molecule has 0 heterocycles. The molecule has 0 aromatic rings. The minimum atomic E-state index is -9.08. The van der Waals surface area contributed by atoms with E-state index in [1.807, 2.05) is 0 Å². The van der Waals surface area contributed by atoms with Crippen LogP contribution in [0.25, 0.3) is 0 Å². The van der Waals surface area contributed by atoms with Crippen molar-refractivity contribution in [1.82, 2.24) is 0 Å². The number of hydrogen-bond acceptors (Lipinski definition) is 3. The average Bonchev–Trinajstić information content (AvgIpc) is 2.55. The molecule has 0 spiro atoms. The summed E-state index contributed by atoms with van der Waals surface area (Å²) >= 11 is 0. The summed E-state index contributed by atoms with van der Waals surface area (Å²) in [5.74, 6) is -35.7. The van der Waals surface area contributed by atoms with Gasteiger partial charge in [0.1, 0.15) is 0 Å². The molecular formula is C10HF21O4S. The van der Waals surface area contributed by atoms with Crippen molar-refractivity contribution in [3.8, 4) is 0 Å². The van der Waals surface area contributed by atoms with Crippen molar-refractivity contribution >= 4 is 10.1 Å². The van der Waals surface area contributed by atoms with E-state index in [1.165, 1.54) is 0 Å². The zero-order valence-electron chi connectivity index (χ0n) is 15.0. The van der Waals surface area contributed by atoms with Crippen LogP contribution in [0.4, 0.5) is 92.2 Å². The van der Waals surface area contributed by atoms with E-state index in [4.69, 9.17) is 4.55 Å². The monoisotopic (exact) mass is 616 g/mol. The van der Waals surface area contributed by atoms with E-state index < -0.39 is 69.3 Å². The number of alkyl halides is 21. The third kappa shape index (κ3) is 4.38. The molecule has 0 rings (SSSR count). The Morgan fingerprint density at radius 3 is 0.972 bits per heavy atom. The molecule has 0 saturated heterocycles. The minimum Gasteiger partial charge on any atom is -0.281 e. The molecule has 0 amide bonds. The van der Waals surface area contributed by atoms with Crippen molar-refractivity contribution in [3.63, 3.8) is 0 Å². The molecule has 1 N–H and O–H groups in total. The zero-order chi connectivity index (χ0) is 30.2. The zero-order valence-corrected chi connectivity index (χ0v) is 15.8. The highest BCUT2D eigenvalue weighted by Gasteiger charge is 2.94. The van der Waals surface area contributed by atoms with Gasteiger partial charge in [0.25, 0.3) is 0 Å². The molecule has 0 fully saturated rings. The highest BCUT2D eigenvalue weighted by Crippen LogP contribution is 2.63. The summed E-state index contributed by atoms with van der Waals surface area (Å²) in [6, 6.07) is 0. The predicted molar refractivity (Wildman–Crippen MR) is 63.2 cm³/mol. The van der Waals surface area contributed by atoms with E-state index in [0.717, 1.165) is 4.74 Å². The molecule has 26 heteroatoms. The average molecular weight is 616 g/mol. The van der Waals surface area contributed by atoms with Crippen molar-refractivity contribution < 1.29 is 110 Å². The Balaban J connectivity index is 6.99. The van der Waals surface area contributed by atoms with Gasteiger partial charge in [0.15, 0.2) is 0 Å². The molecule has 0 aromatic heterocycles. The van der Waals surface area contributed by atoms with Crippen LogP contribution < -0.4 is 0 Å². The van der Waals surface area contributed by atoms with E-state index in [-0.39, 0.29) is 0 Å². The first kappa shape index (κ1) is 34.4. The van der Waals surface area contributed by atoms with Gasteiger partial charge in [-0.1, -0.05) is 0 Å². The van der Waals surface area contributed by atoms with Crippen LogP contribution in [0, 0.1) is 0 Å². The molecular weight excluding hydrogens is 615 g/mol. The molecule has 0 aromatic carbocycles. The summed E-state index contributed by atoms with van der Waals surface area (Å²) in [6.45, 7) is 0. The van der Waals surface area contributed by atoms with Crippen LogP contribution in [-0.4, -0.2) is 72.2 Å². The highest BCUT2D eigenvalue weighted by molar-refractivity contribution is 7.87. The summed E-state index contributed by atoms with van der Waals surface area (Å²) in [5.41, 5.74) is -8.52. The lowest BCUT2D eigenvalue weighted by molar-refractivity contribution is -0.525. The Hall–Kier alpha value is -1.60. The maximum atomic E-state index is 13.3. The topological polar surface area (TPSA) is 63.6 Å². The summed E-state index contributed by atoms with van der Waals surface area (Å²) in [7, 11) is -8.05. The summed E-state index contributed by atoms with van der Waals surface area (Å²) < 4.78 is 299. The van der Waals surface area contributed by atoms with E-state index in [1.54, 1.807) is 0 Å². The van der Waals surface area contributed by atoms with Crippen LogP contribution in [0.3, 0.4) is 0 Å². The lowest BCUT2D eigenvalue weighted by atomic mass is 9.97. The van der Waals surface area contributed by atoms with E-state index in [0.29, 0.717) is 0 Å². The molecule has 0 aliphatic carbocycles. The van der Waals surface area contributed by atoms with Crippen LogP contribution in [-0.2, 0) is 14.9 Å². The number of halogens is 21. The Morgan fingerprint density at radius 1 is 0.444 bits per heavy atom. The van der Waals surface area contributed by atoms with Crippen LogP contribution in [0.2, 0.25) is 0 Å². The van der Waals surface area contributed by atoms with Crippen LogP contribution in [0.1, 0.15) is 0 Å². The van der Waals surface area contributed by atoms with Crippen molar-refractivity contribution in [3.05, 3.63) is 0 Å². The van der Waals surface area contributed by atoms with Gasteiger partial charge in [-0.3, -0.25) is 4.55 Å². The van der Waals surface area contributed by atoms with Gasteiger partial charge in [0.05, 0.1) is 0 Å². The normalized spacial score (nSPS) is 16.9. The van der Waals surface area contributed by atoms with Gasteiger partial charge in [-0.2, -0.15) is 96.2 Å². The van der Waals surface area contributed by atoms with E-state index in [9.17, 15) is 101 Å². The fraction of sp³-hybridized carbons (Fsp3) is 1.00. The molecule has 0 radical (unpaired) electrons. The third-order valence-electron chi connectivity index (χ3n) is 3.68. The second kappa shape index (κ2) is 8.20. The third-order valence-corrected chi connectivity index (χ3v) is 4.58. The van der Waals surface area contributed by atoms with Crippen molar-refractivity contribution in [1.29, 1.82) is 0 Å². The van der Waals surface area contributed by atoms with E-state index >= 15 is 0 Å². The first-order chi connectivity index (χ1) is 15.0. The maximum absolute atomic E-state index is 13.3. The van der Waals surface area contributed by atoms with Crippen molar-refractivity contribution in [2.24, 2.45) is 0 Å². The Bertz CT molecular complexity index is 913. The predicted octanol–water partition coefficient (Wildman–Crippen LogP) is 6.04. The number of rotatable bonds is 9.